The monoisotopic (exact) mass is 466 g/mol. The molecule has 0 radical (unpaired) electrons. The van der Waals surface area contributed by atoms with Gasteiger partial charge in [0.15, 0.2) is 0 Å². The van der Waals surface area contributed by atoms with E-state index in [1.807, 2.05) is 56.3 Å². The quantitative estimate of drug-likeness (QED) is 0.393. The molecule has 0 bridgehead atoms. The third-order valence-electron chi connectivity index (χ3n) is 5.63. The first-order chi connectivity index (χ1) is 16.5. The van der Waals surface area contributed by atoms with Gasteiger partial charge in [-0.15, -0.1) is 16.4 Å². The molecular formula is C25H18N6O2S. The maximum Gasteiger partial charge on any atom is 0.292 e. The van der Waals surface area contributed by atoms with Crippen molar-refractivity contribution in [2.24, 2.45) is 5.10 Å². The van der Waals surface area contributed by atoms with E-state index in [-0.39, 0.29) is 23.1 Å². The van der Waals surface area contributed by atoms with E-state index in [0.29, 0.717) is 21.5 Å². The fraction of sp³-hybridized carbons (Fsp3) is 0.0800. The molecule has 9 heteroatoms. The molecule has 4 heterocycles. The number of ketones is 1. The second-order valence-electron chi connectivity index (χ2n) is 8.00. The summed E-state index contributed by atoms with van der Waals surface area (Å²) in [5.41, 5.74) is 6.20. The van der Waals surface area contributed by atoms with Crippen molar-refractivity contribution in [3.8, 4) is 0 Å². The van der Waals surface area contributed by atoms with Crippen molar-refractivity contribution in [3.05, 3.63) is 93.9 Å². The molecule has 1 aliphatic heterocycles. The Morgan fingerprint density at radius 3 is 2.41 bits per heavy atom. The van der Waals surface area contributed by atoms with Crippen LogP contribution in [0.4, 0.5) is 11.6 Å². The van der Waals surface area contributed by atoms with Crippen LogP contribution < -0.4 is 16.0 Å². The summed E-state index contributed by atoms with van der Waals surface area (Å²) < 4.78 is 1.75. The SMILES string of the molecule is Cc1cc(C)c2c(n1)sc1c(=O)n3c(nc12)N(c1ccccc1)N=C(C(=O)c1ccccc1)N3. The summed E-state index contributed by atoms with van der Waals surface area (Å²) >= 11 is 1.30. The summed E-state index contributed by atoms with van der Waals surface area (Å²) in [5, 5.41) is 6.95. The van der Waals surface area contributed by atoms with Crippen LogP contribution in [0.3, 0.4) is 0 Å². The van der Waals surface area contributed by atoms with Gasteiger partial charge in [0.2, 0.25) is 11.6 Å². The number of pyridine rings is 1. The van der Waals surface area contributed by atoms with Gasteiger partial charge in [-0.25, -0.2) is 9.97 Å². The van der Waals surface area contributed by atoms with Crippen molar-refractivity contribution in [1.29, 1.82) is 0 Å². The standard InChI is InChI=1S/C25H18N6O2S/c1-14-13-15(2)26-23-18(14)19-21(34-23)24(33)31-25(27-19)30(17-11-7-4-8-12-17)28-22(29-31)20(32)16-9-5-3-6-10-16/h3-13H,1-2H3,(H,28,29). The number of aryl methyl sites for hydroxylation is 2. The molecule has 2 aromatic carbocycles. The molecule has 3 aromatic heterocycles. The van der Waals surface area contributed by atoms with Crippen LogP contribution in [-0.2, 0) is 0 Å². The fourth-order valence-electron chi connectivity index (χ4n) is 4.10. The zero-order chi connectivity index (χ0) is 23.4. The minimum atomic E-state index is -0.330. The maximum absolute atomic E-state index is 13.7. The smallest absolute Gasteiger partial charge is 0.285 e. The number of anilines is 2. The van der Waals surface area contributed by atoms with Gasteiger partial charge in [-0.05, 0) is 37.6 Å². The average molecular weight is 467 g/mol. The van der Waals surface area contributed by atoms with Crippen LogP contribution in [0.25, 0.3) is 20.4 Å². The van der Waals surface area contributed by atoms with E-state index < -0.39 is 0 Å². The second-order valence-corrected chi connectivity index (χ2v) is 8.99. The first-order valence-electron chi connectivity index (χ1n) is 10.7. The largest absolute Gasteiger partial charge is 0.292 e. The number of nitrogens with one attached hydrogen (secondary N) is 1. The summed E-state index contributed by atoms with van der Waals surface area (Å²) in [5.74, 6) is -0.0336. The number of carbonyl (C=O) groups excluding carboxylic acids is 1. The highest BCUT2D eigenvalue weighted by molar-refractivity contribution is 7.25. The minimum Gasteiger partial charge on any atom is -0.285 e. The van der Waals surface area contributed by atoms with E-state index in [2.05, 4.69) is 15.5 Å². The average Bonchev–Trinajstić information content (AvgIpc) is 3.23. The topological polar surface area (TPSA) is 92.5 Å². The van der Waals surface area contributed by atoms with Gasteiger partial charge >= 0.3 is 0 Å². The minimum absolute atomic E-state index is 0.0251. The third kappa shape index (κ3) is 3.09. The van der Waals surface area contributed by atoms with Gasteiger partial charge in [0.05, 0.1) is 5.69 Å². The summed E-state index contributed by atoms with van der Waals surface area (Å²) in [6.07, 6.45) is 0. The van der Waals surface area contributed by atoms with E-state index in [1.54, 1.807) is 24.3 Å². The van der Waals surface area contributed by atoms with Gasteiger partial charge in [-0.3, -0.25) is 15.0 Å². The van der Waals surface area contributed by atoms with Crippen molar-refractivity contribution < 1.29 is 4.79 Å². The molecule has 1 aliphatic rings. The Balaban J connectivity index is 1.62. The number of hydrogen-bond acceptors (Lipinski definition) is 8. The maximum atomic E-state index is 13.7. The van der Waals surface area contributed by atoms with Crippen LogP contribution in [0.1, 0.15) is 21.6 Å². The van der Waals surface area contributed by atoms with Gasteiger partial charge in [0, 0.05) is 16.6 Å². The Labute approximate surface area is 197 Å². The first-order valence-corrected chi connectivity index (χ1v) is 11.5. The van der Waals surface area contributed by atoms with Gasteiger partial charge in [-0.2, -0.15) is 9.69 Å². The molecule has 1 N–H and O–H groups in total. The summed E-state index contributed by atoms with van der Waals surface area (Å²) in [7, 11) is 0. The van der Waals surface area contributed by atoms with E-state index in [1.165, 1.54) is 21.0 Å². The van der Waals surface area contributed by atoms with Gasteiger partial charge in [0.25, 0.3) is 11.5 Å². The Morgan fingerprint density at radius 2 is 1.68 bits per heavy atom. The Kier molecular flexibility index (Phi) is 4.53. The Hall–Kier alpha value is -4.37. The molecule has 0 aliphatic carbocycles. The number of rotatable bonds is 3. The van der Waals surface area contributed by atoms with E-state index in [0.717, 1.165) is 21.5 Å². The molecule has 166 valence electrons. The molecule has 8 nitrogen and oxygen atoms in total. The fourth-order valence-corrected chi connectivity index (χ4v) is 5.26. The van der Waals surface area contributed by atoms with Crippen molar-refractivity contribution in [1.82, 2.24) is 14.6 Å². The molecule has 0 atom stereocenters. The molecule has 0 spiro atoms. The lowest BCUT2D eigenvalue weighted by molar-refractivity contribution is 0.106. The molecule has 0 saturated heterocycles. The molecule has 0 unspecified atom stereocenters. The highest BCUT2D eigenvalue weighted by Gasteiger charge is 2.29. The van der Waals surface area contributed by atoms with Crippen molar-refractivity contribution in [3.63, 3.8) is 0 Å². The number of carbonyl (C=O) groups is 1. The lowest BCUT2D eigenvalue weighted by Crippen LogP contribution is -2.44. The van der Waals surface area contributed by atoms with Gasteiger partial charge < -0.3 is 0 Å². The zero-order valence-corrected chi connectivity index (χ0v) is 19.1. The molecule has 0 saturated carbocycles. The Morgan fingerprint density at radius 1 is 0.971 bits per heavy atom. The first kappa shape index (κ1) is 20.3. The van der Waals surface area contributed by atoms with E-state index in [9.17, 15) is 9.59 Å². The Bertz CT molecular complexity index is 1690. The molecule has 0 fully saturated rings. The number of fused-ring (bicyclic) bond motifs is 4. The predicted molar refractivity (Wildman–Crippen MR) is 135 cm³/mol. The lowest BCUT2D eigenvalue weighted by atomic mass is 10.1. The molecule has 5 aromatic rings. The lowest BCUT2D eigenvalue weighted by Gasteiger charge is -2.27. The molecule has 6 rings (SSSR count). The summed E-state index contributed by atoms with van der Waals surface area (Å²) in [4.78, 5) is 37.1. The number of aromatic nitrogens is 3. The van der Waals surface area contributed by atoms with Crippen LogP contribution >= 0.6 is 11.3 Å². The predicted octanol–water partition coefficient (Wildman–Crippen LogP) is 4.51. The highest BCUT2D eigenvalue weighted by atomic mass is 32.1. The number of thiophene rings is 1. The van der Waals surface area contributed by atoms with Crippen LogP contribution in [0.5, 0.6) is 0 Å². The second kappa shape index (κ2) is 7.60. The number of nitrogens with zero attached hydrogens (tertiary/aromatic N) is 5. The van der Waals surface area contributed by atoms with Crippen LogP contribution in [0.15, 0.2) is 76.6 Å². The summed E-state index contributed by atoms with van der Waals surface area (Å²) in [6.45, 7) is 3.92. The van der Waals surface area contributed by atoms with E-state index in [4.69, 9.17) is 4.98 Å². The normalized spacial score (nSPS) is 13.0. The zero-order valence-electron chi connectivity index (χ0n) is 18.3. The van der Waals surface area contributed by atoms with Crippen LogP contribution in [-0.4, -0.2) is 26.3 Å². The summed E-state index contributed by atoms with van der Waals surface area (Å²) in [6, 6.07) is 20.1. The van der Waals surface area contributed by atoms with Crippen molar-refractivity contribution in [2.45, 2.75) is 13.8 Å². The van der Waals surface area contributed by atoms with Gasteiger partial charge in [-0.1, -0.05) is 48.5 Å². The number of benzene rings is 2. The molecule has 34 heavy (non-hydrogen) atoms. The number of amidine groups is 1. The number of hydrazone groups is 1. The van der Waals surface area contributed by atoms with Crippen molar-refractivity contribution in [2.75, 3.05) is 10.4 Å². The molecule has 0 amide bonds. The van der Waals surface area contributed by atoms with Crippen LogP contribution in [0.2, 0.25) is 0 Å². The van der Waals surface area contributed by atoms with Crippen molar-refractivity contribution >= 4 is 55.0 Å². The third-order valence-corrected chi connectivity index (χ3v) is 6.69. The number of hydrogen-bond donors (Lipinski definition) is 1. The van der Waals surface area contributed by atoms with E-state index >= 15 is 0 Å². The number of para-hydroxylation sites is 1. The van der Waals surface area contributed by atoms with Gasteiger partial charge in [0.1, 0.15) is 15.0 Å². The number of Topliss-reactive ketones (excluding diaryl/α,β-unsaturated/α-hetero) is 1. The highest BCUT2D eigenvalue weighted by Crippen LogP contribution is 2.35. The van der Waals surface area contributed by atoms with Crippen LogP contribution in [0, 0.1) is 13.8 Å². The molecular weight excluding hydrogens is 448 g/mol.